The lowest BCUT2D eigenvalue weighted by atomic mass is 9.98. The van der Waals surface area contributed by atoms with E-state index in [2.05, 4.69) is 0 Å². The minimum Gasteiger partial charge on any atom is -0.504 e. The van der Waals surface area contributed by atoms with Gasteiger partial charge in [-0.1, -0.05) is 6.07 Å². The third kappa shape index (κ3) is 5.48. The molecule has 0 amide bonds. The Morgan fingerprint density at radius 3 is 2.03 bits per heavy atom. The zero-order valence-electron chi connectivity index (χ0n) is 17.3. The molecular formula is C20H30O12. The van der Waals surface area contributed by atoms with Gasteiger partial charge in [0, 0.05) is 0 Å². The van der Waals surface area contributed by atoms with Gasteiger partial charge < -0.3 is 59.8 Å². The van der Waals surface area contributed by atoms with E-state index in [1.807, 2.05) is 0 Å². The molecule has 3 rings (SSSR count). The Kier molecular flexibility index (Phi) is 8.27. The zero-order chi connectivity index (χ0) is 23.6. The summed E-state index contributed by atoms with van der Waals surface area (Å²) in [4.78, 5) is 0. The van der Waals surface area contributed by atoms with Gasteiger partial charge in [-0.15, -0.1) is 0 Å². The highest BCUT2D eigenvalue weighted by Crippen LogP contribution is 2.27. The minimum atomic E-state index is -1.61. The molecule has 32 heavy (non-hydrogen) atoms. The molecule has 2 fully saturated rings. The van der Waals surface area contributed by atoms with Gasteiger partial charge in [0.15, 0.2) is 24.1 Å². The average Bonchev–Trinajstić information content (AvgIpc) is 2.77. The van der Waals surface area contributed by atoms with Gasteiger partial charge in [-0.3, -0.25) is 0 Å². The fraction of sp³-hybridized carbons (Fsp3) is 0.700. The highest BCUT2D eigenvalue weighted by Gasteiger charge is 2.46. The van der Waals surface area contributed by atoms with Crippen LogP contribution in [0.4, 0.5) is 0 Å². The molecule has 8 N–H and O–H groups in total. The van der Waals surface area contributed by atoms with E-state index in [9.17, 15) is 40.9 Å². The van der Waals surface area contributed by atoms with E-state index in [0.29, 0.717) is 12.0 Å². The second-order valence-electron chi connectivity index (χ2n) is 7.97. The molecule has 1 aromatic carbocycles. The first-order valence-electron chi connectivity index (χ1n) is 10.2. The molecule has 1 aromatic rings. The van der Waals surface area contributed by atoms with Gasteiger partial charge in [0.2, 0.25) is 0 Å². The van der Waals surface area contributed by atoms with Gasteiger partial charge in [0.05, 0.1) is 19.3 Å². The summed E-state index contributed by atoms with van der Waals surface area (Å²) in [5.41, 5.74) is 0.643. The van der Waals surface area contributed by atoms with Crippen molar-refractivity contribution in [3.05, 3.63) is 23.8 Å². The molecule has 0 spiro atoms. The molecule has 2 heterocycles. The van der Waals surface area contributed by atoms with Crippen LogP contribution >= 0.6 is 0 Å². The Hall–Kier alpha value is -1.58. The summed E-state index contributed by atoms with van der Waals surface area (Å²) < 4.78 is 21.7. The molecule has 2 aliphatic rings. The predicted molar refractivity (Wildman–Crippen MR) is 104 cm³/mol. The van der Waals surface area contributed by atoms with Gasteiger partial charge in [0.25, 0.3) is 0 Å². The van der Waals surface area contributed by atoms with Crippen molar-refractivity contribution in [2.75, 3.05) is 13.2 Å². The van der Waals surface area contributed by atoms with Crippen LogP contribution in [0.2, 0.25) is 0 Å². The van der Waals surface area contributed by atoms with Crippen LogP contribution in [0.15, 0.2) is 18.2 Å². The van der Waals surface area contributed by atoms with E-state index in [0.717, 1.165) is 0 Å². The summed E-state index contributed by atoms with van der Waals surface area (Å²) >= 11 is 0. The van der Waals surface area contributed by atoms with Crippen LogP contribution in [-0.2, 0) is 25.4 Å². The molecule has 2 saturated heterocycles. The van der Waals surface area contributed by atoms with Crippen molar-refractivity contribution in [1.29, 1.82) is 0 Å². The number of aliphatic hydroxyl groups excluding tert-OH is 6. The van der Waals surface area contributed by atoms with E-state index in [1.54, 1.807) is 6.07 Å². The predicted octanol–water partition coefficient (Wildman–Crippen LogP) is -2.69. The van der Waals surface area contributed by atoms with Crippen LogP contribution in [0.1, 0.15) is 12.5 Å². The fourth-order valence-corrected chi connectivity index (χ4v) is 3.55. The maximum Gasteiger partial charge on any atom is 0.186 e. The maximum absolute atomic E-state index is 10.2. The van der Waals surface area contributed by atoms with Crippen LogP contribution in [0.3, 0.4) is 0 Å². The Morgan fingerprint density at radius 2 is 1.38 bits per heavy atom. The molecule has 0 saturated carbocycles. The largest absolute Gasteiger partial charge is 0.504 e. The first-order chi connectivity index (χ1) is 15.1. The summed E-state index contributed by atoms with van der Waals surface area (Å²) in [6.45, 7) is 1.13. The molecule has 12 nitrogen and oxygen atoms in total. The maximum atomic E-state index is 10.2. The number of aromatic hydroxyl groups is 2. The molecule has 0 aromatic heterocycles. The molecule has 182 valence electrons. The second-order valence-corrected chi connectivity index (χ2v) is 7.97. The third-order valence-electron chi connectivity index (χ3n) is 5.61. The molecule has 2 aliphatic heterocycles. The van der Waals surface area contributed by atoms with Crippen LogP contribution in [0.5, 0.6) is 11.5 Å². The smallest absolute Gasteiger partial charge is 0.186 e. The fourth-order valence-electron chi connectivity index (χ4n) is 3.55. The van der Waals surface area contributed by atoms with Gasteiger partial charge >= 0.3 is 0 Å². The highest BCUT2D eigenvalue weighted by atomic mass is 16.7. The van der Waals surface area contributed by atoms with Gasteiger partial charge in [-0.2, -0.15) is 0 Å². The van der Waals surface area contributed by atoms with Crippen LogP contribution in [0, 0.1) is 0 Å². The van der Waals surface area contributed by atoms with Crippen molar-refractivity contribution in [3.63, 3.8) is 0 Å². The summed E-state index contributed by atoms with van der Waals surface area (Å²) in [5, 5.41) is 79.0. The van der Waals surface area contributed by atoms with E-state index in [-0.39, 0.29) is 24.7 Å². The van der Waals surface area contributed by atoms with Gasteiger partial charge in [-0.05, 0) is 31.0 Å². The summed E-state index contributed by atoms with van der Waals surface area (Å²) in [7, 11) is 0. The van der Waals surface area contributed by atoms with Crippen LogP contribution < -0.4 is 0 Å². The number of hydrogen-bond acceptors (Lipinski definition) is 12. The summed E-state index contributed by atoms with van der Waals surface area (Å²) in [5.74, 6) is -0.546. The van der Waals surface area contributed by atoms with Crippen molar-refractivity contribution in [1.82, 2.24) is 0 Å². The molecule has 0 bridgehead atoms. The van der Waals surface area contributed by atoms with Crippen molar-refractivity contribution >= 4 is 0 Å². The van der Waals surface area contributed by atoms with Gasteiger partial charge in [0.1, 0.15) is 42.7 Å². The van der Waals surface area contributed by atoms with E-state index < -0.39 is 61.4 Å². The van der Waals surface area contributed by atoms with Crippen LogP contribution in [-0.4, -0.2) is 115 Å². The quantitative estimate of drug-likeness (QED) is 0.196. The van der Waals surface area contributed by atoms with Crippen molar-refractivity contribution in [2.45, 2.75) is 74.8 Å². The minimum absolute atomic E-state index is 0.0222. The number of benzene rings is 1. The molecule has 0 aliphatic carbocycles. The van der Waals surface area contributed by atoms with E-state index >= 15 is 0 Å². The molecule has 0 radical (unpaired) electrons. The summed E-state index contributed by atoms with van der Waals surface area (Å²) in [6.07, 6.45) is -13.4. The highest BCUT2D eigenvalue weighted by molar-refractivity contribution is 5.40. The topological polar surface area (TPSA) is 199 Å². The number of ether oxygens (including phenoxy) is 4. The first-order valence-corrected chi connectivity index (χ1v) is 10.2. The molecule has 0 unspecified atom stereocenters. The van der Waals surface area contributed by atoms with Crippen molar-refractivity contribution < 1.29 is 59.8 Å². The lowest BCUT2D eigenvalue weighted by Crippen LogP contribution is -2.61. The summed E-state index contributed by atoms with van der Waals surface area (Å²) in [6, 6.07) is 4.25. The second kappa shape index (κ2) is 10.6. The van der Waals surface area contributed by atoms with E-state index in [4.69, 9.17) is 18.9 Å². The lowest BCUT2D eigenvalue weighted by molar-refractivity contribution is -0.327. The zero-order valence-corrected chi connectivity index (χ0v) is 17.3. The van der Waals surface area contributed by atoms with Gasteiger partial charge in [-0.25, -0.2) is 0 Å². The lowest BCUT2D eigenvalue weighted by Gasteiger charge is -2.42. The average molecular weight is 462 g/mol. The monoisotopic (exact) mass is 462 g/mol. The third-order valence-corrected chi connectivity index (χ3v) is 5.61. The standard InChI is InChI=1S/C20H30O12/c1-8-13(23)15(25)17(27)20(31-8)30-7-12-14(24)16(26)18(28)19(32-12)29-5-4-9-2-3-10(21)11(22)6-9/h2-3,6,8,12-28H,4-5,7H2,1H3/t8-,12+,13+,14+,15+,16-,17-,18-,19+,20-/m0/s1. The normalized spacial score (nSPS) is 40.3. The molecular weight excluding hydrogens is 432 g/mol. The Morgan fingerprint density at radius 1 is 0.750 bits per heavy atom. The first kappa shape index (κ1) is 25.1. The number of hydrogen-bond donors (Lipinski definition) is 8. The number of phenolic OH excluding ortho intramolecular Hbond substituents is 2. The Bertz CT molecular complexity index is 747. The number of rotatable bonds is 7. The molecule has 12 heteroatoms. The van der Waals surface area contributed by atoms with E-state index in [1.165, 1.54) is 19.1 Å². The number of phenols is 2. The molecule has 10 atom stereocenters. The van der Waals surface area contributed by atoms with Crippen molar-refractivity contribution in [2.24, 2.45) is 0 Å². The SMILES string of the molecule is C[C@@H]1O[C@H](OC[C@H]2O[C@@H](OCCc3ccc(O)c(O)c3)[C@@H](O)[C@@H](O)[C@@H]2O)[C@@H](O)[C@H](O)[C@@H]1O. The Labute approximate surface area is 183 Å². The Balaban J connectivity index is 1.54. The number of aliphatic hydroxyl groups is 6. The van der Waals surface area contributed by atoms with Crippen LogP contribution in [0.25, 0.3) is 0 Å². The van der Waals surface area contributed by atoms with Crippen molar-refractivity contribution in [3.8, 4) is 11.5 Å².